The van der Waals surface area contributed by atoms with Crippen molar-refractivity contribution in [3.8, 4) is 5.75 Å². The van der Waals surface area contributed by atoms with Crippen LogP contribution < -0.4 is 9.50 Å². The number of amides is 2. The molecule has 0 atom stereocenters. The first-order valence-corrected chi connectivity index (χ1v) is 11.6. The van der Waals surface area contributed by atoms with Gasteiger partial charge in [-0.2, -0.15) is 8.42 Å². The van der Waals surface area contributed by atoms with Gasteiger partial charge in [0.2, 0.25) is 5.91 Å². The van der Waals surface area contributed by atoms with Crippen LogP contribution in [0, 0.1) is 0 Å². The number of thiocarbonyl (C=S) groups is 1. The minimum Gasteiger partial charge on any atom is -0.379 e. The lowest BCUT2D eigenvalue weighted by Gasteiger charge is -2.10. The second-order valence-electron chi connectivity index (χ2n) is 6.39. The molecule has 1 N–H and O–H groups in total. The van der Waals surface area contributed by atoms with Gasteiger partial charge in [-0.1, -0.05) is 42.2 Å². The van der Waals surface area contributed by atoms with Crippen LogP contribution >= 0.6 is 24.0 Å². The molecule has 2 aromatic rings. The summed E-state index contributed by atoms with van der Waals surface area (Å²) < 4.78 is 30.6. The number of rotatable bonds is 7. The third kappa shape index (κ3) is 5.60. The van der Waals surface area contributed by atoms with E-state index >= 15 is 0 Å². The molecule has 7 nitrogen and oxygen atoms in total. The average molecular weight is 475 g/mol. The average Bonchev–Trinajstić information content (AvgIpc) is 2.97. The summed E-state index contributed by atoms with van der Waals surface area (Å²) in [5, 5.41) is 2.56. The van der Waals surface area contributed by atoms with Gasteiger partial charge in [0.25, 0.3) is 5.91 Å². The minimum atomic E-state index is -4.04. The van der Waals surface area contributed by atoms with Crippen molar-refractivity contribution in [1.82, 2.24) is 4.90 Å². The number of hydrogen-bond donors (Lipinski definition) is 1. The summed E-state index contributed by atoms with van der Waals surface area (Å²) >= 11 is 6.40. The van der Waals surface area contributed by atoms with E-state index in [-0.39, 0.29) is 22.5 Å². The first-order chi connectivity index (χ1) is 14.7. The molecule has 1 fully saturated rings. The number of carbonyl (C=O) groups is 2. The molecule has 0 unspecified atom stereocenters. The van der Waals surface area contributed by atoms with Gasteiger partial charge in [0.1, 0.15) is 15.0 Å². The molecule has 2 amide bonds. The third-order valence-electron chi connectivity index (χ3n) is 4.03. The van der Waals surface area contributed by atoms with Crippen molar-refractivity contribution in [3.63, 3.8) is 0 Å². The van der Waals surface area contributed by atoms with Crippen molar-refractivity contribution in [2.75, 3.05) is 11.9 Å². The Morgan fingerprint density at radius 2 is 1.84 bits per heavy atom. The van der Waals surface area contributed by atoms with Gasteiger partial charge in [0.05, 0.1) is 4.91 Å². The summed E-state index contributed by atoms with van der Waals surface area (Å²) in [5.74, 6) is -0.322. The number of hydrogen-bond acceptors (Lipinski definition) is 7. The van der Waals surface area contributed by atoms with E-state index in [0.717, 1.165) is 0 Å². The number of anilines is 1. The predicted molar refractivity (Wildman–Crippen MR) is 125 cm³/mol. The second kappa shape index (κ2) is 9.46. The third-order valence-corrected chi connectivity index (χ3v) is 6.67. The fourth-order valence-corrected chi connectivity index (χ4v) is 4.85. The van der Waals surface area contributed by atoms with Gasteiger partial charge in [-0.05, 0) is 48.0 Å². The van der Waals surface area contributed by atoms with E-state index in [1.54, 1.807) is 24.3 Å². The van der Waals surface area contributed by atoms with Crippen LogP contribution in [-0.2, 0) is 19.7 Å². The van der Waals surface area contributed by atoms with Gasteiger partial charge >= 0.3 is 10.1 Å². The minimum absolute atomic E-state index is 0.0448. The van der Waals surface area contributed by atoms with Crippen LogP contribution in [0.25, 0.3) is 6.08 Å². The fraction of sp³-hybridized carbons (Fsp3) is 0.0952. The predicted octanol–water partition coefficient (Wildman–Crippen LogP) is 3.80. The van der Waals surface area contributed by atoms with Crippen molar-refractivity contribution in [2.24, 2.45) is 0 Å². The van der Waals surface area contributed by atoms with E-state index in [9.17, 15) is 18.0 Å². The van der Waals surface area contributed by atoms with E-state index in [2.05, 4.69) is 11.9 Å². The van der Waals surface area contributed by atoms with Gasteiger partial charge in [0, 0.05) is 19.2 Å². The quantitative estimate of drug-likeness (QED) is 0.282. The van der Waals surface area contributed by atoms with Crippen LogP contribution in [0.1, 0.15) is 12.5 Å². The molecule has 0 bridgehead atoms. The molecule has 0 spiro atoms. The van der Waals surface area contributed by atoms with Crippen LogP contribution in [0.15, 0.2) is 71.0 Å². The number of thioether (sulfide) groups is 1. The van der Waals surface area contributed by atoms with Crippen LogP contribution in [0.5, 0.6) is 5.75 Å². The fourth-order valence-electron chi connectivity index (χ4n) is 2.64. The normalized spacial score (nSPS) is 15.3. The summed E-state index contributed by atoms with van der Waals surface area (Å²) in [6.45, 7) is 5.32. The van der Waals surface area contributed by atoms with E-state index in [1.165, 1.54) is 60.0 Å². The molecule has 1 aliphatic heterocycles. The van der Waals surface area contributed by atoms with E-state index in [4.69, 9.17) is 16.4 Å². The number of nitrogens with zero attached hydrogens (tertiary/aromatic N) is 1. The standard InChI is InChI=1S/C21H18N2O5S3/c1-3-12-23-20(25)19(30-21(23)29)13-15-4-8-17(9-5-15)28-31(26,27)18-10-6-16(7-11-18)22-14(2)24/h3-11,13H,1,12H2,2H3,(H,22,24). The number of benzene rings is 2. The molecule has 10 heteroatoms. The molecule has 0 radical (unpaired) electrons. The van der Waals surface area contributed by atoms with Gasteiger partial charge in [-0.25, -0.2) is 0 Å². The van der Waals surface area contributed by atoms with Crippen molar-refractivity contribution < 1.29 is 22.2 Å². The van der Waals surface area contributed by atoms with E-state index < -0.39 is 10.1 Å². The molecule has 31 heavy (non-hydrogen) atoms. The van der Waals surface area contributed by atoms with Crippen molar-refractivity contribution in [2.45, 2.75) is 11.8 Å². The Morgan fingerprint density at radius 3 is 2.42 bits per heavy atom. The molecule has 1 heterocycles. The van der Waals surface area contributed by atoms with Crippen LogP contribution in [0.3, 0.4) is 0 Å². The Labute approximate surface area is 189 Å². The largest absolute Gasteiger partial charge is 0.379 e. The zero-order chi connectivity index (χ0) is 22.6. The Balaban J connectivity index is 1.72. The van der Waals surface area contributed by atoms with Crippen molar-refractivity contribution in [1.29, 1.82) is 0 Å². The van der Waals surface area contributed by atoms with Crippen molar-refractivity contribution >= 4 is 62.0 Å². The highest BCUT2D eigenvalue weighted by molar-refractivity contribution is 8.26. The maximum Gasteiger partial charge on any atom is 0.339 e. The summed E-state index contributed by atoms with van der Waals surface area (Å²) in [7, 11) is -4.04. The molecule has 160 valence electrons. The molecule has 1 aliphatic rings. The summed E-state index contributed by atoms with van der Waals surface area (Å²) in [5.41, 5.74) is 1.18. The van der Waals surface area contributed by atoms with Gasteiger partial charge in [-0.15, -0.1) is 6.58 Å². The SMILES string of the molecule is C=CCN1C(=O)C(=Cc2ccc(OS(=O)(=O)c3ccc(NC(C)=O)cc3)cc2)SC1=S. The summed E-state index contributed by atoms with van der Waals surface area (Å²) in [4.78, 5) is 25.3. The monoisotopic (exact) mass is 474 g/mol. The zero-order valence-electron chi connectivity index (χ0n) is 16.4. The Morgan fingerprint density at radius 1 is 1.19 bits per heavy atom. The van der Waals surface area contributed by atoms with Crippen LogP contribution in [0.4, 0.5) is 5.69 Å². The summed E-state index contributed by atoms with van der Waals surface area (Å²) in [6, 6.07) is 11.9. The molecule has 1 saturated heterocycles. The highest BCUT2D eigenvalue weighted by Gasteiger charge is 2.30. The first-order valence-electron chi connectivity index (χ1n) is 8.98. The Hall–Kier alpha value is -2.95. The van der Waals surface area contributed by atoms with Gasteiger partial charge in [0.15, 0.2) is 0 Å². The van der Waals surface area contributed by atoms with E-state index in [1.807, 2.05) is 0 Å². The smallest absolute Gasteiger partial charge is 0.339 e. The second-order valence-corrected chi connectivity index (χ2v) is 9.62. The van der Waals surface area contributed by atoms with Crippen molar-refractivity contribution in [3.05, 3.63) is 71.7 Å². The molecule has 2 aromatic carbocycles. The Kier molecular flexibility index (Phi) is 6.94. The van der Waals surface area contributed by atoms with Crippen LogP contribution in [-0.4, -0.2) is 36.0 Å². The van der Waals surface area contributed by atoms with E-state index in [0.29, 0.717) is 27.0 Å². The molecular formula is C21H18N2O5S3. The maximum absolute atomic E-state index is 12.5. The molecule has 0 aromatic heterocycles. The lowest BCUT2D eigenvalue weighted by molar-refractivity contribution is -0.121. The van der Waals surface area contributed by atoms with Gasteiger partial charge in [-0.3, -0.25) is 14.5 Å². The zero-order valence-corrected chi connectivity index (χ0v) is 18.9. The molecule has 3 rings (SSSR count). The highest BCUT2D eigenvalue weighted by Crippen LogP contribution is 2.32. The molecule has 0 aliphatic carbocycles. The molecular weight excluding hydrogens is 456 g/mol. The summed E-state index contributed by atoms with van der Waals surface area (Å²) in [6.07, 6.45) is 3.29. The molecule has 0 saturated carbocycles. The van der Waals surface area contributed by atoms with Crippen LogP contribution in [0.2, 0.25) is 0 Å². The first kappa shape index (κ1) is 22.7. The Bertz CT molecular complexity index is 1170. The maximum atomic E-state index is 12.5. The lowest BCUT2D eigenvalue weighted by atomic mass is 10.2. The van der Waals surface area contributed by atoms with Gasteiger partial charge < -0.3 is 9.50 Å². The highest BCUT2D eigenvalue weighted by atomic mass is 32.2. The lowest BCUT2D eigenvalue weighted by Crippen LogP contribution is -2.27. The number of nitrogens with one attached hydrogen (secondary N) is 1. The topological polar surface area (TPSA) is 92.8 Å². The number of carbonyl (C=O) groups excluding carboxylic acids is 2.